The van der Waals surface area contributed by atoms with Crippen LogP contribution in [0.1, 0.15) is 28.0 Å². The molecule has 5 nitrogen and oxygen atoms in total. The van der Waals surface area contributed by atoms with Crippen LogP contribution in [0.2, 0.25) is 5.02 Å². The topological polar surface area (TPSA) is 83.8 Å². The molecule has 0 atom stereocenters. The number of nitrogens with two attached hydrogens (primary N) is 1. The predicted molar refractivity (Wildman–Crippen MR) is 79.8 cm³/mol. The van der Waals surface area contributed by atoms with Crippen molar-refractivity contribution < 1.29 is 4.79 Å². The van der Waals surface area contributed by atoms with Crippen LogP contribution in [-0.4, -0.2) is 22.6 Å². The lowest BCUT2D eigenvalue weighted by Crippen LogP contribution is -2.25. The van der Waals surface area contributed by atoms with Gasteiger partial charge in [-0.25, -0.2) is 0 Å². The number of aromatic nitrogens is 2. The van der Waals surface area contributed by atoms with Crippen LogP contribution in [0.4, 0.5) is 5.69 Å². The molecule has 2 rings (SSSR count). The zero-order chi connectivity index (χ0) is 14.5. The second-order valence-corrected chi connectivity index (χ2v) is 4.97. The van der Waals surface area contributed by atoms with Crippen molar-refractivity contribution in [3.8, 4) is 0 Å². The fraction of sp³-hybridized carbons (Fsp3) is 0.286. The molecule has 1 amide bonds. The minimum Gasteiger partial charge on any atom is -0.398 e. The van der Waals surface area contributed by atoms with Gasteiger partial charge in [0.25, 0.3) is 5.91 Å². The summed E-state index contributed by atoms with van der Waals surface area (Å²) in [6.07, 6.45) is 3.52. The third kappa shape index (κ3) is 3.30. The van der Waals surface area contributed by atoms with Gasteiger partial charge in [0, 0.05) is 12.2 Å². The Morgan fingerprint density at radius 3 is 3.00 bits per heavy atom. The molecular formula is C14H17ClN4O. The van der Waals surface area contributed by atoms with Gasteiger partial charge in [0.2, 0.25) is 0 Å². The van der Waals surface area contributed by atoms with Gasteiger partial charge in [-0.3, -0.25) is 9.89 Å². The molecule has 0 bridgehead atoms. The maximum atomic E-state index is 12.0. The van der Waals surface area contributed by atoms with Crippen LogP contribution < -0.4 is 11.1 Å². The van der Waals surface area contributed by atoms with E-state index < -0.39 is 0 Å². The number of hydrogen-bond donors (Lipinski definition) is 3. The average molecular weight is 293 g/mol. The number of benzene rings is 1. The van der Waals surface area contributed by atoms with Crippen LogP contribution >= 0.6 is 11.6 Å². The van der Waals surface area contributed by atoms with E-state index in [9.17, 15) is 4.79 Å². The highest BCUT2D eigenvalue weighted by atomic mass is 35.5. The highest BCUT2D eigenvalue weighted by Crippen LogP contribution is 2.22. The number of anilines is 1. The number of carbonyl (C=O) groups excluding carboxylic acids is 1. The molecule has 6 heteroatoms. The molecule has 0 saturated carbocycles. The summed E-state index contributed by atoms with van der Waals surface area (Å²) in [4.78, 5) is 12.0. The Morgan fingerprint density at radius 2 is 2.30 bits per heavy atom. The summed E-state index contributed by atoms with van der Waals surface area (Å²) in [7, 11) is 0. The fourth-order valence-corrected chi connectivity index (χ4v) is 2.14. The molecule has 20 heavy (non-hydrogen) atoms. The molecule has 106 valence electrons. The number of aromatic amines is 1. The average Bonchev–Trinajstić information content (AvgIpc) is 2.83. The van der Waals surface area contributed by atoms with Crippen molar-refractivity contribution in [2.75, 3.05) is 12.3 Å². The van der Waals surface area contributed by atoms with Gasteiger partial charge in [-0.1, -0.05) is 17.7 Å². The van der Waals surface area contributed by atoms with Gasteiger partial charge >= 0.3 is 0 Å². The second-order valence-electron chi connectivity index (χ2n) is 4.59. The zero-order valence-electron chi connectivity index (χ0n) is 11.2. The lowest BCUT2D eigenvalue weighted by Gasteiger charge is -2.08. The molecule has 4 N–H and O–H groups in total. The van der Waals surface area contributed by atoms with Crippen molar-refractivity contribution in [1.82, 2.24) is 15.5 Å². The highest BCUT2D eigenvalue weighted by Gasteiger charge is 2.11. The largest absolute Gasteiger partial charge is 0.398 e. The number of nitrogens with one attached hydrogen (secondary N) is 2. The van der Waals surface area contributed by atoms with Crippen molar-refractivity contribution in [3.05, 3.63) is 46.2 Å². The van der Waals surface area contributed by atoms with Gasteiger partial charge in [-0.2, -0.15) is 5.10 Å². The van der Waals surface area contributed by atoms with E-state index in [1.54, 1.807) is 18.2 Å². The van der Waals surface area contributed by atoms with Crippen molar-refractivity contribution in [3.63, 3.8) is 0 Å². The summed E-state index contributed by atoms with van der Waals surface area (Å²) in [6.45, 7) is 2.56. The van der Waals surface area contributed by atoms with Gasteiger partial charge < -0.3 is 11.1 Å². The quantitative estimate of drug-likeness (QED) is 0.584. The SMILES string of the molecule is Cc1[nH]ncc1CCCNC(=O)c1cccc(N)c1Cl. The third-order valence-corrected chi connectivity index (χ3v) is 3.54. The summed E-state index contributed by atoms with van der Waals surface area (Å²) < 4.78 is 0. The summed E-state index contributed by atoms with van der Waals surface area (Å²) in [5.74, 6) is -0.203. The van der Waals surface area contributed by atoms with E-state index in [1.165, 1.54) is 5.56 Å². The summed E-state index contributed by atoms with van der Waals surface area (Å²) in [5.41, 5.74) is 8.72. The Kier molecular flexibility index (Phi) is 4.63. The molecule has 0 aliphatic rings. The Morgan fingerprint density at radius 1 is 1.50 bits per heavy atom. The van der Waals surface area contributed by atoms with E-state index in [0.717, 1.165) is 18.5 Å². The van der Waals surface area contributed by atoms with Crippen LogP contribution in [0.3, 0.4) is 0 Å². The van der Waals surface area contributed by atoms with Gasteiger partial charge in [0.05, 0.1) is 22.5 Å². The Labute approximate surface area is 122 Å². The number of aryl methyl sites for hydroxylation is 2. The maximum absolute atomic E-state index is 12.0. The van der Waals surface area contributed by atoms with Gasteiger partial charge in [0.15, 0.2) is 0 Å². The van der Waals surface area contributed by atoms with E-state index >= 15 is 0 Å². The molecule has 0 aliphatic carbocycles. The maximum Gasteiger partial charge on any atom is 0.252 e. The monoisotopic (exact) mass is 292 g/mol. The number of halogens is 1. The Bertz CT molecular complexity index is 609. The number of rotatable bonds is 5. The van der Waals surface area contributed by atoms with Gasteiger partial charge in [-0.05, 0) is 37.5 Å². The van der Waals surface area contributed by atoms with Crippen LogP contribution in [0.5, 0.6) is 0 Å². The number of nitrogen functional groups attached to an aromatic ring is 1. The first-order valence-corrected chi connectivity index (χ1v) is 6.78. The van der Waals surface area contributed by atoms with E-state index in [2.05, 4.69) is 15.5 Å². The molecule has 1 heterocycles. The van der Waals surface area contributed by atoms with Crippen molar-refractivity contribution in [2.45, 2.75) is 19.8 Å². The summed E-state index contributed by atoms with van der Waals surface area (Å²) >= 11 is 6.00. The Balaban J connectivity index is 1.84. The summed E-state index contributed by atoms with van der Waals surface area (Å²) in [6, 6.07) is 5.04. The number of hydrogen-bond acceptors (Lipinski definition) is 3. The standard InChI is InChI=1S/C14H17ClN4O/c1-9-10(8-18-19-9)4-3-7-17-14(20)11-5-2-6-12(16)13(11)15/h2,5-6,8H,3-4,7,16H2,1H3,(H,17,20)(H,18,19). The number of nitrogens with zero attached hydrogens (tertiary/aromatic N) is 1. The van der Waals surface area contributed by atoms with E-state index in [1.807, 2.05) is 13.1 Å². The molecule has 0 saturated heterocycles. The van der Waals surface area contributed by atoms with Gasteiger partial charge in [0.1, 0.15) is 0 Å². The number of amides is 1. The molecule has 1 aromatic heterocycles. The van der Waals surface area contributed by atoms with Crippen LogP contribution in [0.25, 0.3) is 0 Å². The molecule has 0 fully saturated rings. The Hall–Kier alpha value is -2.01. The molecule has 0 unspecified atom stereocenters. The molecular weight excluding hydrogens is 276 g/mol. The minimum atomic E-state index is -0.203. The van der Waals surface area contributed by atoms with Crippen LogP contribution in [-0.2, 0) is 6.42 Å². The van der Waals surface area contributed by atoms with Crippen molar-refractivity contribution >= 4 is 23.2 Å². The lowest BCUT2D eigenvalue weighted by atomic mass is 10.1. The number of carbonyl (C=O) groups is 1. The normalized spacial score (nSPS) is 10.5. The van der Waals surface area contributed by atoms with Gasteiger partial charge in [-0.15, -0.1) is 0 Å². The lowest BCUT2D eigenvalue weighted by molar-refractivity contribution is 0.0953. The molecule has 0 spiro atoms. The zero-order valence-corrected chi connectivity index (χ0v) is 12.0. The number of H-pyrrole nitrogens is 1. The molecule has 0 radical (unpaired) electrons. The first-order valence-electron chi connectivity index (χ1n) is 6.40. The van der Waals surface area contributed by atoms with Crippen LogP contribution in [0.15, 0.2) is 24.4 Å². The van der Waals surface area contributed by atoms with E-state index in [4.69, 9.17) is 17.3 Å². The van der Waals surface area contributed by atoms with E-state index in [-0.39, 0.29) is 5.91 Å². The van der Waals surface area contributed by atoms with Crippen molar-refractivity contribution in [2.24, 2.45) is 0 Å². The fourth-order valence-electron chi connectivity index (χ4n) is 1.93. The highest BCUT2D eigenvalue weighted by molar-refractivity contribution is 6.36. The first-order chi connectivity index (χ1) is 9.59. The summed E-state index contributed by atoms with van der Waals surface area (Å²) in [5, 5.41) is 9.99. The minimum absolute atomic E-state index is 0.203. The second kappa shape index (κ2) is 6.43. The van der Waals surface area contributed by atoms with Crippen molar-refractivity contribution in [1.29, 1.82) is 0 Å². The first kappa shape index (κ1) is 14.4. The molecule has 0 aliphatic heterocycles. The molecule has 1 aromatic carbocycles. The third-order valence-electron chi connectivity index (χ3n) is 3.12. The molecule has 2 aromatic rings. The van der Waals surface area contributed by atoms with Crippen LogP contribution in [0, 0.1) is 6.92 Å². The van der Waals surface area contributed by atoms with E-state index in [0.29, 0.717) is 22.8 Å². The predicted octanol–water partition coefficient (Wildman–Crippen LogP) is 2.32. The smallest absolute Gasteiger partial charge is 0.252 e.